The quantitative estimate of drug-likeness (QED) is 0.348. The van der Waals surface area contributed by atoms with Crippen molar-refractivity contribution >= 4 is 21.6 Å². The van der Waals surface area contributed by atoms with Crippen molar-refractivity contribution in [2.45, 2.75) is 17.6 Å². The van der Waals surface area contributed by atoms with E-state index in [-0.39, 0.29) is 30.2 Å². The van der Waals surface area contributed by atoms with Gasteiger partial charge >= 0.3 is 0 Å². The molecular formula is C27H29ClF2N2O5S. The van der Waals surface area contributed by atoms with Gasteiger partial charge < -0.3 is 14.2 Å². The Morgan fingerprint density at radius 3 is 2.13 bits per heavy atom. The fourth-order valence-electron chi connectivity index (χ4n) is 4.30. The summed E-state index contributed by atoms with van der Waals surface area (Å²) in [5, 5.41) is 0.557. The first-order valence-electron chi connectivity index (χ1n) is 12.0. The van der Waals surface area contributed by atoms with Crippen LogP contribution in [-0.4, -0.2) is 64.6 Å². The Balaban J connectivity index is 1.45. The zero-order chi connectivity index (χ0) is 27.3. The molecular weight excluding hydrogens is 538 g/mol. The molecule has 0 N–H and O–H groups in total. The largest absolute Gasteiger partial charge is 0.493 e. The summed E-state index contributed by atoms with van der Waals surface area (Å²) in [6.45, 7) is 1.60. The molecule has 0 aliphatic carbocycles. The number of piperazine rings is 1. The fourth-order valence-corrected chi connectivity index (χ4v) is 5.86. The topological polar surface area (TPSA) is 68.3 Å². The molecule has 38 heavy (non-hydrogen) atoms. The molecule has 1 saturated heterocycles. The molecule has 1 aliphatic heterocycles. The summed E-state index contributed by atoms with van der Waals surface area (Å²) in [6.07, 6.45) is -0.514. The highest BCUT2D eigenvalue weighted by molar-refractivity contribution is 7.89. The van der Waals surface area contributed by atoms with E-state index in [2.05, 4.69) is 4.90 Å². The third-order valence-corrected chi connectivity index (χ3v) is 8.63. The zero-order valence-electron chi connectivity index (χ0n) is 21.1. The second-order valence-corrected chi connectivity index (χ2v) is 11.1. The molecule has 11 heteroatoms. The van der Waals surface area contributed by atoms with Crippen LogP contribution in [-0.2, 0) is 21.4 Å². The Bertz CT molecular complexity index is 1330. The Morgan fingerprint density at radius 2 is 1.53 bits per heavy atom. The van der Waals surface area contributed by atoms with E-state index in [0.29, 0.717) is 36.2 Å². The minimum atomic E-state index is -3.74. The summed E-state index contributed by atoms with van der Waals surface area (Å²) < 4.78 is 72.8. The van der Waals surface area contributed by atoms with Gasteiger partial charge in [-0.2, -0.15) is 4.31 Å². The molecule has 204 valence electrons. The molecule has 1 heterocycles. The number of halogens is 3. The summed E-state index contributed by atoms with van der Waals surface area (Å²) >= 11 is 6.04. The smallest absolute Gasteiger partial charge is 0.243 e. The number of rotatable bonds is 10. The van der Waals surface area contributed by atoms with Gasteiger partial charge in [-0.1, -0.05) is 29.8 Å². The Hall–Kier alpha value is -2.76. The molecule has 1 fully saturated rings. The van der Waals surface area contributed by atoms with Crippen molar-refractivity contribution in [1.82, 2.24) is 9.21 Å². The molecule has 0 saturated carbocycles. The average molecular weight is 567 g/mol. The van der Waals surface area contributed by atoms with Crippen LogP contribution in [0, 0.1) is 11.6 Å². The van der Waals surface area contributed by atoms with Gasteiger partial charge in [-0.15, -0.1) is 0 Å². The second-order valence-electron chi connectivity index (χ2n) is 8.77. The summed E-state index contributed by atoms with van der Waals surface area (Å²) in [7, 11) is -0.806. The molecule has 4 rings (SSSR count). The summed E-state index contributed by atoms with van der Waals surface area (Å²) in [6, 6.07) is 15.3. The molecule has 0 unspecified atom stereocenters. The maximum Gasteiger partial charge on any atom is 0.243 e. The van der Waals surface area contributed by atoms with Gasteiger partial charge in [-0.05, 0) is 42.0 Å². The summed E-state index contributed by atoms with van der Waals surface area (Å²) in [4.78, 5) is 2.19. The predicted octanol–water partition coefficient (Wildman–Crippen LogP) is 4.90. The number of hydrogen-bond donors (Lipinski definition) is 0. The minimum absolute atomic E-state index is 0.123. The molecule has 0 amide bonds. The van der Waals surface area contributed by atoms with E-state index in [9.17, 15) is 17.2 Å². The van der Waals surface area contributed by atoms with Crippen LogP contribution in [0.4, 0.5) is 8.78 Å². The van der Waals surface area contributed by atoms with Crippen LogP contribution >= 0.6 is 11.6 Å². The maximum atomic E-state index is 14.2. The SMILES string of the molecule is COc1ccc(S(=O)(=O)N2CCN(C[C@H](OCc3c(F)cccc3F)c3ccc(Cl)cc3)CC2)cc1OC. The maximum absolute atomic E-state index is 14.2. The zero-order valence-corrected chi connectivity index (χ0v) is 22.6. The first-order chi connectivity index (χ1) is 18.2. The van der Waals surface area contributed by atoms with Crippen LogP contribution in [0.1, 0.15) is 17.2 Å². The molecule has 3 aromatic carbocycles. The van der Waals surface area contributed by atoms with Crippen molar-refractivity contribution in [3.8, 4) is 11.5 Å². The molecule has 3 aromatic rings. The lowest BCUT2D eigenvalue weighted by Crippen LogP contribution is -2.49. The molecule has 7 nitrogen and oxygen atoms in total. The number of hydrogen-bond acceptors (Lipinski definition) is 6. The summed E-state index contributed by atoms with van der Waals surface area (Å²) in [5.41, 5.74) is 0.656. The van der Waals surface area contributed by atoms with Crippen LogP contribution in [0.15, 0.2) is 65.6 Å². The first-order valence-corrected chi connectivity index (χ1v) is 13.8. The molecule has 0 radical (unpaired) electrons. The van der Waals surface area contributed by atoms with Crippen LogP contribution in [0.25, 0.3) is 0 Å². The lowest BCUT2D eigenvalue weighted by molar-refractivity contribution is 0.00546. The van der Waals surface area contributed by atoms with Gasteiger partial charge in [0.25, 0.3) is 0 Å². The van der Waals surface area contributed by atoms with Gasteiger partial charge in [0.1, 0.15) is 11.6 Å². The molecule has 1 atom stereocenters. The van der Waals surface area contributed by atoms with E-state index < -0.39 is 27.8 Å². The number of sulfonamides is 1. The highest BCUT2D eigenvalue weighted by Gasteiger charge is 2.30. The van der Waals surface area contributed by atoms with Gasteiger partial charge in [0.15, 0.2) is 11.5 Å². The summed E-state index contributed by atoms with van der Waals surface area (Å²) in [5.74, 6) is -0.566. The van der Waals surface area contributed by atoms with Crippen molar-refractivity contribution in [3.05, 3.63) is 88.4 Å². The standard InChI is InChI=1S/C27H29ClF2N2O5S/c1-35-25-11-10-21(16-26(25)36-2)38(33,34)32-14-12-31(13-15-32)17-27(19-6-8-20(28)9-7-19)37-18-22-23(29)4-3-5-24(22)30/h3-11,16,27H,12-15,17-18H2,1-2H3/t27-/m0/s1. The van der Waals surface area contributed by atoms with E-state index in [1.165, 1.54) is 48.9 Å². The van der Waals surface area contributed by atoms with Gasteiger partial charge in [0.05, 0.1) is 31.8 Å². The minimum Gasteiger partial charge on any atom is -0.493 e. The Kier molecular flexibility index (Phi) is 9.22. The molecule has 0 aromatic heterocycles. The van der Waals surface area contributed by atoms with Crippen molar-refractivity contribution in [2.75, 3.05) is 46.9 Å². The first kappa shape index (κ1) is 28.3. The van der Waals surface area contributed by atoms with Crippen molar-refractivity contribution in [2.24, 2.45) is 0 Å². The van der Waals surface area contributed by atoms with Gasteiger partial charge in [-0.3, -0.25) is 4.90 Å². The fraction of sp³-hybridized carbons (Fsp3) is 0.333. The third kappa shape index (κ3) is 6.44. The number of benzene rings is 3. The van der Waals surface area contributed by atoms with Crippen molar-refractivity contribution < 1.29 is 31.4 Å². The van der Waals surface area contributed by atoms with E-state index in [1.807, 2.05) is 12.1 Å². The van der Waals surface area contributed by atoms with Crippen LogP contribution < -0.4 is 9.47 Å². The van der Waals surface area contributed by atoms with E-state index >= 15 is 0 Å². The van der Waals surface area contributed by atoms with Crippen LogP contribution in [0.5, 0.6) is 11.5 Å². The van der Waals surface area contributed by atoms with E-state index in [0.717, 1.165) is 5.56 Å². The predicted molar refractivity (Wildman–Crippen MR) is 140 cm³/mol. The highest BCUT2D eigenvalue weighted by atomic mass is 35.5. The molecule has 0 spiro atoms. The Labute approximate surface area is 226 Å². The third-order valence-electron chi connectivity index (χ3n) is 6.48. The Morgan fingerprint density at radius 1 is 0.895 bits per heavy atom. The molecule has 1 aliphatic rings. The van der Waals surface area contributed by atoms with Crippen LogP contribution in [0.3, 0.4) is 0 Å². The second kappa shape index (κ2) is 12.4. The molecule has 0 bridgehead atoms. The van der Waals surface area contributed by atoms with Gasteiger partial charge in [-0.25, -0.2) is 17.2 Å². The lowest BCUT2D eigenvalue weighted by Gasteiger charge is -2.36. The van der Waals surface area contributed by atoms with Crippen molar-refractivity contribution in [3.63, 3.8) is 0 Å². The van der Waals surface area contributed by atoms with Gasteiger partial charge in [0.2, 0.25) is 10.0 Å². The lowest BCUT2D eigenvalue weighted by atomic mass is 10.1. The van der Waals surface area contributed by atoms with E-state index in [4.69, 9.17) is 25.8 Å². The number of ether oxygens (including phenoxy) is 3. The van der Waals surface area contributed by atoms with Gasteiger partial charge in [0, 0.05) is 49.4 Å². The average Bonchev–Trinajstić information content (AvgIpc) is 2.92. The van der Waals surface area contributed by atoms with Crippen LogP contribution in [0.2, 0.25) is 5.02 Å². The number of nitrogens with zero attached hydrogens (tertiary/aromatic N) is 2. The van der Waals surface area contributed by atoms with E-state index in [1.54, 1.807) is 18.2 Å². The highest BCUT2D eigenvalue weighted by Crippen LogP contribution is 2.31. The number of methoxy groups -OCH3 is 2. The van der Waals surface area contributed by atoms with Crippen molar-refractivity contribution in [1.29, 1.82) is 0 Å². The normalized spacial score (nSPS) is 15.8. The monoisotopic (exact) mass is 566 g/mol.